The van der Waals surface area contributed by atoms with Crippen LogP contribution in [0.15, 0.2) is 18.7 Å². The number of fused-ring (bicyclic) bond motifs is 1. The minimum Gasteiger partial charge on any atom is -0.241 e. The van der Waals surface area contributed by atoms with Crippen LogP contribution in [0.2, 0.25) is 0 Å². The molecule has 2 aromatic rings. The third-order valence-corrected chi connectivity index (χ3v) is 2.19. The first-order valence-corrected chi connectivity index (χ1v) is 4.57. The molecule has 0 aliphatic heterocycles. The second-order valence-corrected chi connectivity index (χ2v) is 3.12. The van der Waals surface area contributed by atoms with Crippen molar-refractivity contribution < 1.29 is 0 Å². The highest BCUT2D eigenvalue weighted by molar-refractivity contribution is 5.60. The predicted octanol–water partition coefficient (Wildman–Crippen LogP) is 1.55. The topological polar surface area (TPSA) is 54.0 Å². The van der Waals surface area contributed by atoms with E-state index < -0.39 is 0 Å². The van der Waals surface area contributed by atoms with E-state index in [4.69, 9.17) is 5.26 Å². The standard InChI is InChI=1S/C10H10N4/c1-2-3-9-8(4-11)6-14-10(9)5-12-7-13-14/h5-7H,2-3H2,1H3. The Morgan fingerprint density at radius 3 is 3.14 bits per heavy atom. The molecule has 0 fully saturated rings. The van der Waals surface area contributed by atoms with Crippen LogP contribution in [0.5, 0.6) is 0 Å². The van der Waals surface area contributed by atoms with E-state index in [9.17, 15) is 0 Å². The molecule has 0 atom stereocenters. The Labute approximate surface area is 81.8 Å². The third kappa shape index (κ3) is 1.23. The minimum atomic E-state index is 0.701. The molecule has 4 heteroatoms. The van der Waals surface area contributed by atoms with E-state index in [1.807, 2.05) is 0 Å². The molecular weight excluding hydrogens is 176 g/mol. The maximum absolute atomic E-state index is 8.93. The van der Waals surface area contributed by atoms with Crippen molar-refractivity contribution in [2.75, 3.05) is 0 Å². The van der Waals surface area contributed by atoms with E-state index in [-0.39, 0.29) is 0 Å². The lowest BCUT2D eigenvalue weighted by atomic mass is 10.1. The van der Waals surface area contributed by atoms with Gasteiger partial charge in [0.1, 0.15) is 12.4 Å². The van der Waals surface area contributed by atoms with Crippen LogP contribution < -0.4 is 0 Å². The summed E-state index contributed by atoms with van der Waals surface area (Å²) in [6.45, 7) is 2.09. The zero-order valence-electron chi connectivity index (χ0n) is 7.94. The van der Waals surface area contributed by atoms with Crippen molar-refractivity contribution in [1.29, 1.82) is 5.26 Å². The molecule has 70 valence electrons. The smallest absolute Gasteiger partial charge is 0.136 e. The third-order valence-electron chi connectivity index (χ3n) is 2.19. The van der Waals surface area contributed by atoms with Crippen molar-refractivity contribution in [3.8, 4) is 6.07 Å². The van der Waals surface area contributed by atoms with Crippen LogP contribution in [-0.4, -0.2) is 14.6 Å². The summed E-state index contributed by atoms with van der Waals surface area (Å²) in [5, 5.41) is 13.0. The molecule has 0 bridgehead atoms. The predicted molar refractivity (Wildman–Crippen MR) is 51.7 cm³/mol. The zero-order chi connectivity index (χ0) is 9.97. The first-order chi connectivity index (χ1) is 6.86. The summed E-state index contributed by atoms with van der Waals surface area (Å²) < 4.78 is 1.70. The van der Waals surface area contributed by atoms with Crippen LogP contribution in [0.4, 0.5) is 0 Å². The Bertz CT molecular complexity index is 492. The van der Waals surface area contributed by atoms with E-state index in [1.165, 1.54) is 6.33 Å². The lowest BCUT2D eigenvalue weighted by Crippen LogP contribution is -1.91. The number of nitriles is 1. The quantitative estimate of drug-likeness (QED) is 0.715. The van der Waals surface area contributed by atoms with Gasteiger partial charge in [0, 0.05) is 6.20 Å². The van der Waals surface area contributed by atoms with Gasteiger partial charge in [-0.15, -0.1) is 0 Å². The Morgan fingerprint density at radius 1 is 1.57 bits per heavy atom. The van der Waals surface area contributed by atoms with Crippen LogP contribution in [0, 0.1) is 11.3 Å². The largest absolute Gasteiger partial charge is 0.241 e. The summed E-state index contributed by atoms with van der Waals surface area (Å²) in [6.07, 6.45) is 6.89. The van der Waals surface area contributed by atoms with Crippen molar-refractivity contribution in [2.24, 2.45) is 0 Å². The molecule has 4 nitrogen and oxygen atoms in total. The molecule has 0 unspecified atom stereocenters. The summed E-state index contributed by atoms with van der Waals surface area (Å²) in [5.74, 6) is 0. The Morgan fingerprint density at radius 2 is 2.43 bits per heavy atom. The molecule has 0 saturated carbocycles. The van der Waals surface area contributed by atoms with Gasteiger partial charge in [0.05, 0.1) is 17.3 Å². The van der Waals surface area contributed by atoms with E-state index in [2.05, 4.69) is 23.1 Å². The molecule has 14 heavy (non-hydrogen) atoms. The van der Waals surface area contributed by atoms with Crippen molar-refractivity contribution in [2.45, 2.75) is 19.8 Å². The van der Waals surface area contributed by atoms with Crippen molar-refractivity contribution in [1.82, 2.24) is 14.6 Å². The SMILES string of the molecule is CCCc1c(C#N)cn2ncncc12. The van der Waals surface area contributed by atoms with Gasteiger partial charge in [-0.25, -0.2) is 9.50 Å². The maximum atomic E-state index is 8.93. The van der Waals surface area contributed by atoms with E-state index in [1.54, 1.807) is 16.9 Å². The first kappa shape index (κ1) is 8.70. The van der Waals surface area contributed by atoms with Gasteiger partial charge in [0.2, 0.25) is 0 Å². The number of aromatic nitrogens is 3. The van der Waals surface area contributed by atoms with Crippen LogP contribution in [-0.2, 0) is 6.42 Å². The van der Waals surface area contributed by atoms with E-state index in [0.29, 0.717) is 5.56 Å². The summed E-state index contributed by atoms with van der Waals surface area (Å²) in [6, 6.07) is 2.18. The Kier molecular flexibility index (Phi) is 2.15. The monoisotopic (exact) mass is 186 g/mol. The summed E-state index contributed by atoms with van der Waals surface area (Å²) >= 11 is 0. The molecule has 0 saturated heterocycles. The average Bonchev–Trinajstić information content (AvgIpc) is 2.58. The fourth-order valence-electron chi connectivity index (χ4n) is 1.58. The molecule has 0 amide bonds. The number of hydrogen-bond donors (Lipinski definition) is 0. The van der Waals surface area contributed by atoms with Gasteiger partial charge in [-0.3, -0.25) is 0 Å². The van der Waals surface area contributed by atoms with Crippen LogP contribution in [0.1, 0.15) is 24.5 Å². The number of nitrogens with zero attached hydrogens (tertiary/aromatic N) is 4. The molecule has 2 rings (SSSR count). The molecule has 0 aromatic carbocycles. The number of hydrogen-bond acceptors (Lipinski definition) is 3. The molecule has 0 aliphatic rings. The fourth-order valence-corrected chi connectivity index (χ4v) is 1.58. The average molecular weight is 186 g/mol. The summed E-state index contributed by atoms with van der Waals surface area (Å²) in [5.41, 5.74) is 2.69. The lowest BCUT2D eigenvalue weighted by Gasteiger charge is -1.95. The summed E-state index contributed by atoms with van der Waals surface area (Å²) in [7, 11) is 0. The van der Waals surface area contributed by atoms with Crippen molar-refractivity contribution in [3.05, 3.63) is 29.8 Å². The van der Waals surface area contributed by atoms with Crippen molar-refractivity contribution >= 4 is 5.52 Å². The molecule has 0 radical (unpaired) electrons. The summed E-state index contributed by atoms with van der Waals surface area (Å²) in [4.78, 5) is 3.96. The van der Waals surface area contributed by atoms with Crippen LogP contribution in [0.25, 0.3) is 5.52 Å². The van der Waals surface area contributed by atoms with Gasteiger partial charge < -0.3 is 0 Å². The Hall–Kier alpha value is -1.89. The molecule has 0 aliphatic carbocycles. The van der Waals surface area contributed by atoms with E-state index in [0.717, 1.165) is 23.9 Å². The van der Waals surface area contributed by atoms with Crippen LogP contribution in [0.3, 0.4) is 0 Å². The van der Waals surface area contributed by atoms with Gasteiger partial charge in [0.25, 0.3) is 0 Å². The highest BCUT2D eigenvalue weighted by Gasteiger charge is 2.09. The van der Waals surface area contributed by atoms with Gasteiger partial charge in [0.15, 0.2) is 0 Å². The molecule has 0 spiro atoms. The zero-order valence-corrected chi connectivity index (χ0v) is 7.94. The van der Waals surface area contributed by atoms with Gasteiger partial charge in [-0.2, -0.15) is 10.4 Å². The van der Waals surface area contributed by atoms with E-state index >= 15 is 0 Å². The highest BCUT2D eigenvalue weighted by Crippen LogP contribution is 2.17. The first-order valence-electron chi connectivity index (χ1n) is 4.57. The van der Waals surface area contributed by atoms with Gasteiger partial charge in [-0.05, 0) is 12.0 Å². The molecular formula is C10H10N4. The molecule has 2 heterocycles. The van der Waals surface area contributed by atoms with Crippen LogP contribution >= 0.6 is 0 Å². The molecule has 2 aromatic heterocycles. The molecule has 0 N–H and O–H groups in total. The van der Waals surface area contributed by atoms with Crippen molar-refractivity contribution in [3.63, 3.8) is 0 Å². The fraction of sp³-hybridized carbons (Fsp3) is 0.300. The number of aryl methyl sites for hydroxylation is 1. The minimum absolute atomic E-state index is 0.701. The Balaban J connectivity index is 2.69. The lowest BCUT2D eigenvalue weighted by molar-refractivity contribution is 0.889. The van der Waals surface area contributed by atoms with Gasteiger partial charge >= 0.3 is 0 Å². The highest BCUT2D eigenvalue weighted by atomic mass is 15.2. The maximum Gasteiger partial charge on any atom is 0.136 e. The van der Waals surface area contributed by atoms with Gasteiger partial charge in [-0.1, -0.05) is 13.3 Å². The second-order valence-electron chi connectivity index (χ2n) is 3.12. The normalized spacial score (nSPS) is 10.3. The number of rotatable bonds is 2. The second kappa shape index (κ2) is 3.46.